The highest BCUT2D eigenvalue weighted by Gasteiger charge is 2.19. The molecule has 0 amide bonds. The summed E-state index contributed by atoms with van der Waals surface area (Å²) >= 11 is 0. The summed E-state index contributed by atoms with van der Waals surface area (Å²) in [5.41, 5.74) is 5.68. The second-order valence-corrected chi connectivity index (χ2v) is 4.63. The predicted molar refractivity (Wildman–Crippen MR) is 71.4 cm³/mol. The van der Waals surface area contributed by atoms with Crippen molar-refractivity contribution < 1.29 is 8.78 Å². The number of nitrogens with one attached hydrogen (secondary N) is 1. The summed E-state index contributed by atoms with van der Waals surface area (Å²) in [6, 6.07) is 8.57. The van der Waals surface area contributed by atoms with E-state index in [1.54, 1.807) is 0 Å². The Hall–Kier alpha value is -1.78. The number of rotatable bonds is 3. The van der Waals surface area contributed by atoms with E-state index in [1.165, 1.54) is 6.07 Å². The van der Waals surface area contributed by atoms with Gasteiger partial charge in [-0.1, -0.05) is 23.8 Å². The molecule has 0 aromatic heterocycles. The van der Waals surface area contributed by atoms with E-state index >= 15 is 0 Å². The monoisotopic (exact) mass is 262 g/mol. The first kappa shape index (κ1) is 13.6. The highest BCUT2D eigenvalue weighted by Crippen LogP contribution is 2.27. The molecular weight excluding hydrogens is 246 g/mol. The number of hydrogen-bond donors (Lipinski definition) is 2. The maximum absolute atomic E-state index is 13.8. The van der Waals surface area contributed by atoms with Crippen molar-refractivity contribution in [2.45, 2.75) is 19.9 Å². The van der Waals surface area contributed by atoms with Gasteiger partial charge in [0.15, 0.2) is 0 Å². The smallest absolute Gasteiger partial charge is 0.128 e. The van der Waals surface area contributed by atoms with E-state index in [1.807, 2.05) is 32.0 Å². The van der Waals surface area contributed by atoms with Crippen LogP contribution in [0.25, 0.3) is 0 Å². The van der Waals surface area contributed by atoms with E-state index in [0.717, 1.165) is 28.8 Å². The molecule has 1 atom stereocenters. The zero-order valence-corrected chi connectivity index (χ0v) is 10.9. The molecule has 0 radical (unpaired) electrons. The van der Waals surface area contributed by atoms with Gasteiger partial charge in [0.2, 0.25) is 0 Å². The summed E-state index contributed by atoms with van der Waals surface area (Å²) < 4.78 is 27.1. The normalized spacial score (nSPS) is 12.5. The summed E-state index contributed by atoms with van der Waals surface area (Å²) in [6.07, 6.45) is 0. The van der Waals surface area contributed by atoms with E-state index in [-0.39, 0.29) is 5.56 Å². The minimum atomic E-state index is -0.573. The van der Waals surface area contributed by atoms with Gasteiger partial charge in [-0.3, -0.25) is 5.84 Å². The number of nitrogens with two attached hydrogens (primary N) is 1. The molecule has 0 saturated carbocycles. The molecule has 19 heavy (non-hydrogen) atoms. The number of benzene rings is 2. The van der Waals surface area contributed by atoms with Crippen molar-refractivity contribution in [1.82, 2.24) is 5.43 Å². The largest absolute Gasteiger partial charge is 0.271 e. The molecular formula is C15H16F2N2. The minimum absolute atomic E-state index is 0.203. The Bertz CT molecular complexity index is 597. The molecule has 0 heterocycles. The topological polar surface area (TPSA) is 38.0 Å². The molecule has 2 aromatic carbocycles. The van der Waals surface area contributed by atoms with Gasteiger partial charge in [0.25, 0.3) is 0 Å². The van der Waals surface area contributed by atoms with E-state index in [2.05, 4.69) is 5.43 Å². The van der Waals surface area contributed by atoms with Crippen molar-refractivity contribution in [3.05, 3.63) is 70.3 Å². The molecule has 0 aliphatic carbocycles. The fourth-order valence-corrected chi connectivity index (χ4v) is 2.23. The fraction of sp³-hybridized carbons (Fsp3) is 0.200. The van der Waals surface area contributed by atoms with Crippen LogP contribution in [0.2, 0.25) is 0 Å². The summed E-state index contributed by atoms with van der Waals surface area (Å²) in [6.45, 7) is 3.90. The Morgan fingerprint density at radius 1 is 1.00 bits per heavy atom. The number of hydrogen-bond acceptors (Lipinski definition) is 2. The van der Waals surface area contributed by atoms with Gasteiger partial charge in [0.1, 0.15) is 11.6 Å². The van der Waals surface area contributed by atoms with Crippen molar-refractivity contribution in [2.24, 2.45) is 5.84 Å². The molecule has 4 heteroatoms. The summed E-state index contributed by atoms with van der Waals surface area (Å²) in [5.74, 6) is 4.56. The van der Waals surface area contributed by atoms with Gasteiger partial charge in [-0.25, -0.2) is 14.2 Å². The molecule has 0 aliphatic rings. The van der Waals surface area contributed by atoms with Crippen LogP contribution >= 0.6 is 0 Å². The second kappa shape index (κ2) is 5.47. The third-order valence-corrected chi connectivity index (χ3v) is 3.17. The first-order chi connectivity index (χ1) is 9.02. The highest BCUT2D eigenvalue weighted by molar-refractivity contribution is 5.39. The number of hydrazine groups is 1. The summed E-state index contributed by atoms with van der Waals surface area (Å²) in [7, 11) is 0. The van der Waals surface area contributed by atoms with Crippen LogP contribution in [0, 0.1) is 25.5 Å². The lowest BCUT2D eigenvalue weighted by Gasteiger charge is -2.20. The maximum Gasteiger partial charge on any atom is 0.128 e. The van der Waals surface area contributed by atoms with Crippen LogP contribution in [0.3, 0.4) is 0 Å². The third-order valence-electron chi connectivity index (χ3n) is 3.17. The highest BCUT2D eigenvalue weighted by atomic mass is 19.1. The molecule has 0 spiro atoms. The lowest BCUT2D eigenvalue weighted by Crippen LogP contribution is -2.30. The molecule has 0 aliphatic heterocycles. The van der Waals surface area contributed by atoms with Crippen molar-refractivity contribution in [1.29, 1.82) is 0 Å². The van der Waals surface area contributed by atoms with Gasteiger partial charge in [0.05, 0.1) is 6.04 Å². The van der Waals surface area contributed by atoms with Gasteiger partial charge in [-0.15, -0.1) is 0 Å². The molecule has 100 valence electrons. The quantitative estimate of drug-likeness (QED) is 0.658. The first-order valence-corrected chi connectivity index (χ1v) is 6.01. The zero-order chi connectivity index (χ0) is 14.0. The maximum atomic E-state index is 13.8. The lowest BCUT2D eigenvalue weighted by atomic mass is 9.94. The van der Waals surface area contributed by atoms with Gasteiger partial charge >= 0.3 is 0 Å². The van der Waals surface area contributed by atoms with Crippen molar-refractivity contribution >= 4 is 0 Å². The SMILES string of the molecule is Cc1ccc(C(NN)c2cc(F)ccc2F)c(C)c1. The molecule has 0 saturated heterocycles. The molecule has 2 nitrogen and oxygen atoms in total. The van der Waals surface area contributed by atoms with Crippen LogP contribution in [-0.2, 0) is 0 Å². The summed E-state index contributed by atoms with van der Waals surface area (Å²) in [4.78, 5) is 0. The Labute approximate surface area is 111 Å². The van der Waals surface area contributed by atoms with Crippen LogP contribution in [-0.4, -0.2) is 0 Å². The Morgan fingerprint density at radius 3 is 2.37 bits per heavy atom. The van der Waals surface area contributed by atoms with Gasteiger partial charge in [-0.05, 0) is 43.2 Å². The van der Waals surface area contributed by atoms with Crippen LogP contribution in [0.1, 0.15) is 28.3 Å². The van der Waals surface area contributed by atoms with Crippen molar-refractivity contribution in [3.8, 4) is 0 Å². The average Bonchev–Trinajstić information content (AvgIpc) is 2.36. The van der Waals surface area contributed by atoms with Crippen LogP contribution in [0.5, 0.6) is 0 Å². The Morgan fingerprint density at radius 2 is 1.74 bits per heavy atom. The number of halogens is 2. The third kappa shape index (κ3) is 2.80. The van der Waals surface area contributed by atoms with E-state index in [4.69, 9.17) is 5.84 Å². The predicted octanol–water partition coefficient (Wildman–Crippen LogP) is 3.13. The molecule has 0 fully saturated rings. The van der Waals surface area contributed by atoms with Gasteiger partial charge in [0, 0.05) is 5.56 Å². The first-order valence-electron chi connectivity index (χ1n) is 6.01. The lowest BCUT2D eigenvalue weighted by molar-refractivity contribution is 0.544. The molecule has 0 bridgehead atoms. The summed E-state index contributed by atoms with van der Waals surface area (Å²) in [5, 5.41) is 0. The molecule has 1 unspecified atom stereocenters. The standard InChI is InChI=1S/C15H16F2N2/c1-9-3-5-12(10(2)7-9)15(19-18)13-8-11(16)4-6-14(13)17/h3-8,15,19H,18H2,1-2H3. The molecule has 2 rings (SSSR count). The Kier molecular flexibility index (Phi) is 3.93. The van der Waals surface area contributed by atoms with Crippen LogP contribution < -0.4 is 11.3 Å². The molecule has 3 N–H and O–H groups in total. The zero-order valence-electron chi connectivity index (χ0n) is 10.9. The van der Waals surface area contributed by atoms with Gasteiger partial charge in [-0.2, -0.15) is 0 Å². The minimum Gasteiger partial charge on any atom is -0.271 e. The molecule has 2 aromatic rings. The van der Waals surface area contributed by atoms with Crippen LogP contribution in [0.4, 0.5) is 8.78 Å². The van der Waals surface area contributed by atoms with Crippen molar-refractivity contribution in [3.63, 3.8) is 0 Å². The fourth-order valence-electron chi connectivity index (χ4n) is 2.23. The van der Waals surface area contributed by atoms with Crippen LogP contribution in [0.15, 0.2) is 36.4 Å². The van der Waals surface area contributed by atoms with Crippen molar-refractivity contribution in [2.75, 3.05) is 0 Å². The van der Waals surface area contributed by atoms with E-state index in [0.29, 0.717) is 0 Å². The number of aryl methyl sites for hydroxylation is 2. The average molecular weight is 262 g/mol. The Balaban J connectivity index is 2.52. The second-order valence-electron chi connectivity index (χ2n) is 4.63. The van der Waals surface area contributed by atoms with Gasteiger partial charge < -0.3 is 0 Å². The van der Waals surface area contributed by atoms with E-state index < -0.39 is 17.7 Å². The van der Waals surface area contributed by atoms with E-state index in [9.17, 15) is 8.78 Å².